The van der Waals surface area contributed by atoms with Gasteiger partial charge in [0.1, 0.15) is 6.61 Å². The summed E-state index contributed by atoms with van der Waals surface area (Å²) in [7, 11) is 0. The quantitative estimate of drug-likeness (QED) is 0.729. The maximum Gasteiger partial charge on any atom is 0.407 e. The number of nitrogens with one attached hydrogen (secondary N) is 1. The molecule has 1 amide bonds. The van der Waals surface area contributed by atoms with Gasteiger partial charge in [-0.2, -0.15) is 5.10 Å². The lowest BCUT2D eigenvalue weighted by Crippen LogP contribution is -2.37. The molecule has 1 aromatic heterocycles. The van der Waals surface area contributed by atoms with Gasteiger partial charge in [0.2, 0.25) is 0 Å². The summed E-state index contributed by atoms with van der Waals surface area (Å²) < 4.78 is 7.05. The number of carboxylic acid groups (broad SMARTS) is 1. The van der Waals surface area contributed by atoms with Crippen molar-refractivity contribution in [3.8, 4) is 0 Å². The molecule has 7 nitrogen and oxygen atoms in total. The number of benzene rings is 1. The van der Waals surface area contributed by atoms with E-state index in [4.69, 9.17) is 9.84 Å². The van der Waals surface area contributed by atoms with Crippen LogP contribution in [0.1, 0.15) is 31.0 Å². The van der Waals surface area contributed by atoms with E-state index in [9.17, 15) is 9.59 Å². The monoisotopic (exact) mass is 345 g/mol. The van der Waals surface area contributed by atoms with Crippen molar-refractivity contribution in [2.24, 2.45) is 0 Å². The number of hydrogen-bond donors (Lipinski definition) is 2. The molecule has 1 heterocycles. The molecule has 0 saturated heterocycles. The van der Waals surface area contributed by atoms with Crippen molar-refractivity contribution in [2.45, 2.75) is 45.4 Å². The van der Waals surface area contributed by atoms with Crippen molar-refractivity contribution in [1.29, 1.82) is 0 Å². The van der Waals surface area contributed by atoms with Gasteiger partial charge in [-0.1, -0.05) is 30.3 Å². The van der Waals surface area contributed by atoms with Crippen molar-refractivity contribution in [3.63, 3.8) is 0 Å². The first-order valence-electron chi connectivity index (χ1n) is 8.28. The first-order valence-corrected chi connectivity index (χ1v) is 8.28. The fraction of sp³-hybridized carbons (Fsp3) is 0.389. The fourth-order valence-electron chi connectivity index (χ4n) is 2.53. The average Bonchev–Trinajstić information content (AvgIpc) is 3.06. The Morgan fingerprint density at radius 1 is 1.28 bits per heavy atom. The molecule has 2 rings (SSSR count). The molecule has 134 valence electrons. The third-order valence-electron chi connectivity index (χ3n) is 3.80. The average molecular weight is 345 g/mol. The van der Waals surface area contributed by atoms with Gasteiger partial charge < -0.3 is 15.2 Å². The molecule has 2 N–H and O–H groups in total. The zero-order valence-electron chi connectivity index (χ0n) is 14.2. The Hall–Kier alpha value is -2.83. The standard InChI is InChI=1S/C18H23N3O4/c1-2-21-16(10-11-19-21)12-15(8-9-17(22)23)20-18(24)25-13-14-6-4-3-5-7-14/h3-7,10-11,15H,2,8-9,12-13H2,1H3,(H,20,24)(H,22,23). The zero-order chi connectivity index (χ0) is 18.1. The molecule has 0 saturated carbocycles. The van der Waals surface area contributed by atoms with Crippen molar-refractivity contribution in [1.82, 2.24) is 15.1 Å². The molecule has 1 unspecified atom stereocenters. The van der Waals surface area contributed by atoms with Gasteiger partial charge in [0.05, 0.1) is 0 Å². The van der Waals surface area contributed by atoms with Crippen molar-refractivity contribution in [3.05, 3.63) is 53.9 Å². The van der Waals surface area contributed by atoms with Crippen LogP contribution in [0, 0.1) is 0 Å². The van der Waals surface area contributed by atoms with Gasteiger partial charge in [-0.3, -0.25) is 9.48 Å². The van der Waals surface area contributed by atoms with Gasteiger partial charge in [-0.05, 0) is 25.0 Å². The second kappa shape index (κ2) is 9.46. The molecule has 0 radical (unpaired) electrons. The number of aromatic nitrogens is 2. The number of carboxylic acids is 1. The van der Waals surface area contributed by atoms with Crippen LogP contribution in [-0.2, 0) is 29.1 Å². The van der Waals surface area contributed by atoms with Crippen molar-refractivity contribution < 1.29 is 19.4 Å². The SMILES string of the molecule is CCn1nccc1CC(CCC(=O)O)NC(=O)OCc1ccccc1. The van der Waals surface area contributed by atoms with Crippen LogP contribution in [0.15, 0.2) is 42.6 Å². The third-order valence-corrected chi connectivity index (χ3v) is 3.80. The normalized spacial score (nSPS) is 11.7. The number of hydrogen-bond acceptors (Lipinski definition) is 4. The van der Waals surface area contributed by atoms with E-state index in [1.54, 1.807) is 6.20 Å². The second-order valence-corrected chi connectivity index (χ2v) is 5.68. The van der Waals surface area contributed by atoms with Crippen LogP contribution in [0.2, 0.25) is 0 Å². The minimum Gasteiger partial charge on any atom is -0.481 e. The molecule has 0 spiro atoms. The summed E-state index contributed by atoms with van der Waals surface area (Å²) in [6.45, 7) is 2.86. The largest absolute Gasteiger partial charge is 0.481 e. The van der Waals surface area contributed by atoms with Crippen LogP contribution >= 0.6 is 0 Å². The topological polar surface area (TPSA) is 93.5 Å². The van der Waals surface area contributed by atoms with Crippen LogP contribution in [-0.4, -0.2) is 33.0 Å². The van der Waals surface area contributed by atoms with Gasteiger partial charge in [0, 0.05) is 37.3 Å². The number of aliphatic carboxylic acids is 1. The highest BCUT2D eigenvalue weighted by molar-refractivity contribution is 5.68. The highest BCUT2D eigenvalue weighted by Gasteiger charge is 2.17. The number of ether oxygens (including phenoxy) is 1. The molecule has 0 fully saturated rings. The highest BCUT2D eigenvalue weighted by Crippen LogP contribution is 2.09. The zero-order valence-corrected chi connectivity index (χ0v) is 14.2. The summed E-state index contributed by atoms with van der Waals surface area (Å²) in [5.74, 6) is -0.895. The summed E-state index contributed by atoms with van der Waals surface area (Å²) in [6, 6.07) is 10.9. The molecule has 7 heteroatoms. The molecule has 0 aliphatic carbocycles. The van der Waals surface area contributed by atoms with Crippen LogP contribution in [0.25, 0.3) is 0 Å². The van der Waals surface area contributed by atoms with Crippen molar-refractivity contribution in [2.75, 3.05) is 0 Å². The smallest absolute Gasteiger partial charge is 0.407 e. The fourth-order valence-corrected chi connectivity index (χ4v) is 2.53. The molecule has 25 heavy (non-hydrogen) atoms. The Kier molecular flexibility index (Phi) is 7.00. The van der Waals surface area contributed by atoms with Gasteiger partial charge in [0.25, 0.3) is 0 Å². The Bertz CT molecular complexity index is 685. The third kappa shape index (κ3) is 6.29. The number of amides is 1. The van der Waals surface area contributed by atoms with Crippen LogP contribution in [0.5, 0.6) is 0 Å². The molecule has 0 bridgehead atoms. The van der Waals surface area contributed by atoms with E-state index in [2.05, 4.69) is 10.4 Å². The first kappa shape index (κ1) is 18.5. The van der Waals surface area contributed by atoms with Crippen LogP contribution < -0.4 is 5.32 Å². The summed E-state index contributed by atoms with van der Waals surface area (Å²) >= 11 is 0. The van der Waals surface area contributed by atoms with Crippen LogP contribution in [0.3, 0.4) is 0 Å². The predicted octanol–water partition coefficient (Wildman–Crippen LogP) is 2.61. The Balaban J connectivity index is 1.92. The number of nitrogens with zero attached hydrogens (tertiary/aromatic N) is 2. The van der Waals surface area contributed by atoms with Gasteiger partial charge >= 0.3 is 12.1 Å². The first-order chi connectivity index (χ1) is 12.1. The summed E-state index contributed by atoms with van der Waals surface area (Å²) in [5, 5.41) is 15.9. The molecule has 0 aliphatic rings. The van der Waals surface area contributed by atoms with E-state index in [0.29, 0.717) is 19.4 Å². The lowest BCUT2D eigenvalue weighted by molar-refractivity contribution is -0.137. The van der Waals surface area contributed by atoms with E-state index < -0.39 is 12.1 Å². The van der Waals surface area contributed by atoms with E-state index >= 15 is 0 Å². The maximum absolute atomic E-state index is 12.1. The number of carbonyl (C=O) groups is 2. The molecular formula is C18H23N3O4. The van der Waals surface area contributed by atoms with Gasteiger partial charge in [-0.25, -0.2) is 4.79 Å². The second-order valence-electron chi connectivity index (χ2n) is 5.68. The number of aryl methyl sites for hydroxylation is 1. The Morgan fingerprint density at radius 3 is 2.72 bits per heavy atom. The van der Waals surface area contributed by atoms with Crippen molar-refractivity contribution >= 4 is 12.1 Å². The van der Waals surface area contributed by atoms with E-state index in [0.717, 1.165) is 11.3 Å². The minimum atomic E-state index is -0.895. The molecule has 0 aliphatic heterocycles. The molecule has 2 aromatic rings. The lowest BCUT2D eigenvalue weighted by atomic mass is 10.1. The molecule has 1 atom stereocenters. The predicted molar refractivity (Wildman–Crippen MR) is 92.0 cm³/mol. The summed E-state index contributed by atoms with van der Waals surface area (Å²) in [4.78, 5) is 22.9. The molecule has 1 aromatic carbocycles. The van der Waals surface area contributed by atoms with E-state index in [-0.39, 0.29) is 19.1 Å². The van der Waals surface area contributed by atoms with E-state index in [1.165, 1.54) is 0 Å². The van der Waals surface area contributed by atoms with E-state index in [1.807, 2.05) is 48.0 Å². The Morgan fingerprint density at radius 2 is 2.04 bits per heavy atom. The Labute approximate surface area is 146 Å². The number of carbonyl (C=O) groups excluding carboxylic acids is 1. The minimum absolute atomic E-state index is 0.0239. The lowest BCUT2D eigenvalue weighted by Gasteiger charge is -2.18. The van der Waals surface area contributed by atoms with Crippen LogP contribution in [0.4, 0.5) is 4.79 Å². The highest BCUT2D eigenvalue weighted by atomic mass is 16.5. The summed E-state index contributed by atoms with van der Waals surface area (Å²) in [5.41, 5.74) is 1.84. The summed E-state index contributed by atoms with van der Waals surface area (Å²) in [6.07, 6.45) is 1.94. The number of rotatable bonds is 9. The van der Waals surface area contributed by atoms with Gasteiger partial charge in [0.15, 0.2) is 0 Å². The van der Waals surface area contributed by atoms with Gasteiger partial charge in [-0.15, -0.1) is 0 Å². The number of alkyl carbamates (subject to hydrolysis) is 1. The maximum atomic E-state index is 12.1. The molecular weight excluding hydrogens is 322 g/mol.